The van der Waals surface area contributed by atoms with Gasteiger partial charge in [-0.3, -0.25) is 0 Å². The van der Waals surface area contributed by atoms with E-state index in [0.29, 0.717) is 11.4 Å². The Balaban J connectivity index is 2.44. The standard InChI is InChI=1S/C18H22INO/c1-5-12-6-8-16(14(10-12)18(2,3)4)21-17-9-7-13(19)11-15(17)20/h6-11H,5,20H2,1-4H3. The summed E-state index contributed by atoms with van der Waals surface area (Å²) in [6.45, 7) is 8.77. The van der Waals surface area contributed by atoms with Gasteiger partial charge in [0.2, 0.25) is 0 Å². The van der Waals surface area contributed by atoms with E-state index in [-0.39, 0.29) is 5.41 Å². The molecule has 0 spiro atoms. The minimum absolute atomic E-state index is 0.0263. The Bertz CT molecular complexity index is 644. The smallest absolute Gasteiger partial charge is 0.150 e. The van der Waals surface area contributed by atoms with Crippen LogP contribution in [0.25, 0.3) is 0 Å². The highest BCUT2D eigenvalue weighted by Gasteiger charge is 2.20. The van der Waals surface area contributed by atoms with Crippen molar-refractivity contribution in [3.8, 4) is 11.5 Å². The Hall–Kier alpha value is -1.23. The predicted molar refractivity (Wildman–Crippen MR) is 98.2 cm³/mol. The van der Waals surface area contributed by atoms with E-state index in [9.17, 15) is 0 Å². The lowest BCUT2D eigenvalue weighted by Gasteiger charge is -2.24. The minimum Gasteiger partial charge on any atom is -0.455 e. The van der Waals surface area contributed by atoms with Gasteiger partial charge in [-0.1, -0.05) is 39.8 Å². The number of nitrogen functional groups attached to an aromatic ring is 1. The van der Waals surface area contributed by atoms with Crippen molar-refractivity contribution in [1.29, 1.82) is 0 Å². The Morgan fingerprint density at radius 2 is 1.71 bits per heavy atom. The van der Waals surface area contributed by atoms with E-state index in [1.165, 1.54) is 11.1 Å². The molecule has 0 aliphatic heterocycles. The topological polar surface area (TPSA) is 35.2 Å². The van der Waals surface area contributed by atoms with Gasteiger partial charge in [0, 0.05) is 9.13 Å². The van der Waals surface area contributed by atoms with E-state index >= 15 is 0 Å². The molecule has 0 heterocycles. The molecule has 2 N–H and O–H groups in total. The summed E-state index contributed by atoms with van der Waals surface area (Å²) in [5, 5.41) is 0. The number of anilines is 1. The van der Waals surface area contributed by atoms with Crippen molar-refractivity contribution in [3.05, 3.63) is 51.1 Å². The zero-order valence-corrected chi connectivity index (χ0v) is 15.2. The third kappa shape index (κ3) is 3.90. The van der Waals surface area contributed by atoms with Crippen LogP contribution in [-0.4, -0.2) is 0 Å². The van der Waals surface area contributed by atoms with Crippen molar-refractivity contribution < 1.29 is 4.74 Å². The van der Waals surface area contributed by atoms with Gasteiger partial charge in [0.25, 0.3) is 0 Å². The molecule has 0 fully saturated rings. The van der Waals surface area contributed by atoms with Crippen LogP contribution >= 0.6 is 22.6 Å². The number of rotatable bonds is 3. The number of ether oxygens (including phenoxy) is 1. The molecule has 0 radical (unpaired) electrons. The monoisotopic (exact) mass is 395 g/mol. The first-order chi connectivity index (χ1) is 9.81. The molecule has 2 nitrogen and oxygen atoms in total. The molecule has 0 amide bonds. The summed E-state index contributed by atoms with van der Waals surface area (Å²) in [6, 6.07) is 12.3. The van der Waals surface area contributed by atoms with Crippen LogP contribution in [0.15, 0.2) is 36.4 Å². The second-order valence-electron chi connectivity index (χ2n) is 6.22. The Morgan fingerprint density at radius 3 is 2.29 bits per heavy atom. The summed E-state index contributed by atoms with van der Waals surface area (Å²) >= 11 is 2.25. The molecule has 0 saturated heterocycles. The average molecular weight is 395 g/mol. The zero-order valence-electron chi connectivity index (χ0n) is 13.0. The minimum atomic E-state index is 0.0263. The fraction of sp³-hybridized carbons (Fsp3) is 0.333. The third-order valence-corrected chi connectivity index (χ3v) is 4.12. The molecular formula is C18H22INO. The molecular weight excluding hydrogens is 373 g/mol. The van der Waals surface area contributed by atoms with Crippen molar-refractivity contribution in [1.82, 2.24) is 0 Å². The van der Waals surface area contributed by atoms with Crippen molar-refractivity contribution >= 4 is 28.3 Å². The van der Waals surface area contributed by atoms with Crippen molar-refractivity contribution in [2.24, 2.45) is 0 Å². The fourth-order valence-electron chi connectivity index (χ4n) is 2.20. The first kappa shape index (κ1) is 16.1. The lowest BCUT2D eigenvalue weighted by molar-refractivity contribution is 0.456. The van der Waals surface area contributed by atoms with Crippen molar-refractivity contribution in [3.63, 3.8) is 0 Å². The van der Waals surface area contributed by atoms with Gasteiger partial charge >= 0.3 is 0 Å². The van der Waals surface area contributed by atoms with Crippen molar-refractivity contribution in [2.75, 3.05) is 5.73 Å². The van der Waals surface area contributed by atoms with Crippen LogP contribution in [0.3, 0.4) is 0 Å². The fourth-order valence-corrected chi connectivity index (χ4v) is 2.72. The van der Waals surface area contributed by atoms with Crippen LogP contribution in [-0.2, 0) is 11.8 Å². The number of aryl methyl sites for hydroxylation is 1. The third-order valence-electron chi connectivity index (χ3n) is 3.45. The molecule has 0 aromatic heterocycles. The van der Waals surface area contributed by atoms with E-state index in [1.54, 1.807) is 0 Å². The molecule has 21 heavy (non-hydrogen) atoms. The average Bonchev–Trinajstić information content (AvgIpc) is 2.41. The van der Waals surface area contributed by atoms with E-state index < -0.39 is 0 Å². The molecule has 2 aromatic rings. The van der Waals surface area contributed by atoms with Gasteiger partial charge in [-0.2, -0.15) is 0 Å². The first-order valence-corrected chi connectivity index (χ1v) is 8.25. The maximum atomic E-state index is 6.09. The number of hydrogen-bond donors (Lipinski definition) is 1. The number of hydrogen-bond acceptors (Lipinski definition) is 2. The van der Waals surface area contributed by atoms with Crippen molar-refractivity contribution in [2.45, 2.75) is 39.5 Å². The van der Waals surface area contributed by atoms with Crippen LogP contribution < -0.4 is 10.5 Å². The quantitative estimate of drug-likeness (QED) is 0.548. The van der Waals surface area contributed by atoms with Gasteiger partial charge in [-0.15, -0.1) is 0 Å². The van der Waals surface area contributed by atoms with Crippen LogP contribution in [0.5, 0.6) is 11.5 Å². The second kappa shape index (κ2) is 6.26. The van der Waals surface area contributed by atoms with Gasteiger partial charge in [-0.25, -0.2) is 0 Å². The maximum Gasteiger partial charge on any atom is 0.150 e. The van der Waals surface area contributed by atoms with Gasteiger partial charge in [0.15, 0.2) is 0 Å². The molecule has 0 atom stereocenters. The summed E-state index contributed by atoms with van der Waals surface area (Å²) in [5.41, 5.74) is 9.28. The number of benzene rings is 2. The van der Waals surface area contributed by atoms with Gasteiger partial charge in [-0.05, 0) is 64.3 Å². The molecule has 2 aromatic carbocycles. The van der Waals surface area contributed by atoms with E-state index in [1.807, 2.05) is 18.2 Å². The molecule has 112 valence electrons. The van der Waals surface area contributed by atoms with Crippen LogP contribution in [0, 0.1) is 3.57 Å². The first-order valence-electron chi connectivity index (χ1n) is 7.17. The normalized spacial score (nSPS) is 11.5. The van der Waals surface area contributed by atoms with E-state index in [0.717, 1.165) is 15.7 Å². The largest absolute Gasteiger partial charge is 0.455 e. The highest BCUT2D eigenvalue weighted by Crippen LogP contribution is 2.37. The maximum absolute atomic E-state index is 6.09. The highest BCUT2D eigenvalue weighted by molar-refractivity contribution is 14.1. The summed E-state index contributed by atoms with van der Waals surface area (Å²) in [5.74, 6) is 1.60. The Kier molecular flexibility index (Phi) is 4.81. The van der Waals surface area contributed by atoms with E-state index in [2.05, 4.69) is 68.5 Å². The van der Waals surface area contributed by atoms with Gasteiger partial charge in [0.05, 0.1) is 5.69 Å². The molecule has 3 heteroatoms. The second-order valence-corrected chi connectivity index (χ2v) is 7.46. The highest BCUT2D eigenvalue weighted by atomic mass is 127. The summed E-state index contributed by atoms with van der Waals surface area (Å²) in [6.07, 6.45) is 1.02. The summed E-state index contributed by atoms with van der Waals surface area (Å²) < 4.78 is 7.20. The molecule has 0 aliphatic carbocycles. The molecule has 0 unspecified atom stereocenters. The van der Waals surface area contributed by atoms with Crippen LogP contribution in [0.1, 0.15) is 38.8 Å². The van der Waals surface area contributed by atoms with Crippen LogP contribution in [0.2, 0.25) is 0 Å². The number of halogens is 1. The summed E-state index contributed by atoms with van der Waals surface area (Å²) in [7, 11) is 0. The summed E-state index contributed by atoms with van der Waals surface area (Å²) in [4.78, 5) is 0. The number of nitrogens with two attached hydrogens (primary N) is 1. The Labute approximate surface area is 140 Å². The molecule has 0 aliphatic rings. The molecule has 2 rings (SSSR count). The molecule has 0 saturated carbocycles. The zero-order chi connectivity index (χ0) is 15.6. The lowest BCUT2D eigenvalue weighted by atomic mass is 9.85. The lowest BCUT2D eigenvalue weighted by Crippen LogP contribution is -2.13. The van der Waals surface area contributed by atoms with Gasteiger partial charge < -0.3 is 10.5 Å². The van der Waals surface area contributed by atoms with Gasteiger partial charge in [0.1, 0.15) is 11.5 Å². The Morgan fingerprint density at radius 1 is 1.05 bits per heavy atom. The predicted octanol–water partition coefficient (Wildman–Crippen LogP) is 5.53. The molecule has 0 bridgehead atoms. The SMILES string of the molecule is CCc1ccc(Oc2ccc(I)cc2N)c(C(C)(C)C)c1. The van der Waals surface area contributed by atoms with Crippen LogP contribution in [0.4, 0.5) is 5.69 Å². The van der Waals surface area contributed by atoms with E-state index in [4.69, 9.17) is 10.5 Å².